The van der Waals surface area contributed by atoms with Crippen LogP contribution in [0.15, 0.2) is 18.5 Å². The van der Waals surface area contributed by atoms with Crippen LogP contribution in [0.1, 0.15) is 18.7 Å². The maximum atomic E-state index is 10.2. The lowest BCUT2D eigenvalue weighted by Crippen LogP contribution is -2.36. The standard InChI is InChI=1S/C13H15N5O3/c1-13(5-14)10(20)9(4-19)21-11(13)7-2-3-8-12(15)16-6-17-18(7)8/h2-3,6,9-11,19-20H,4H2,1H3,(H2,15,16,17)/t9-,10-,11+,13-/m1/s1. The average Bonchev–Trinajstić information content (AvgIpc) is 3.01. The van der Waals surface area contributed by atoms with Crippen LogP contribution in [0.5, 0.6) is 0 Å². The monoisotopic (exact) mass is 289 g/mol. The Kier molecular flexibility index (Phi) is 3.06. The molecule has 21 heavy (non-hydrogen) atoms. The van der Waals surface area contributed by atoms with Crippen molar-refractivity contribution in [3.05, 3.63) is 24.2 Å². The molecule has 0 aliphatic carbocycles. The molecule has 1 aliphatic heterocycles. The van der Waals surface area contributed by atoms with E-state index >= 15 is 0 Å². The molecule has 110 valence electrons. The molecule has 1 fully saturated rings. The van der Waals surface area contributed by atoms with Crippen molar-refractivity contribution in [1.82, 2.24) is 14.6 Å². The van der Waals surface area contributed by atoms with E-state index in [1.165, 1.54) is 10.8 Å². The molecule has 1 saturated heterocycles. The molecule has 0 amide bonds. The normalized spacial score (nSPS) is 32.4. The van der Waals surface area contributed by atoms with Crippen molar-refractivity contribution < 1.29 is 14.9 Å². The highest BCUT2D eigenvalue weighted by Crippen LogP contribution is 2.47. The maximum absolute atomic E-state index is 10.2. The molecule has 0 bridgehead atoms. The molecule has 2 aromatic heterocycles. The van der Waals surface area contributed by atoms with Crippen molar-refractivity contribution >= 4 is 11.3 Å². The molecule has 0 radical (unpaired) electrons. The van der Waals surface area contributed by atoms with Gasteiger partial charge in [0.15, 0.2) is 5.82 Å². The number of nitrogen functional groups attached to an aromatic ring is 1. The second-order valence-corrected chi connectivity index (χ2v) is 5.28. The number of ether oxygens (including phenoxy) is 1. The molecule has 0 unspecified atom stereocenters. The molecule has 0 spiro atoms. The van der Waals surface area contributed by atoms with E-state index in [9.17, 15) is 15.5 Å². The summed E-state index contributed by atoms with van der Waals surface area (Å²) >= 11 is 0. The van der Waals surface area contributed by atoms with Gasteiger partial charge in [-0.2, -0.15) is 10.4 Å². The highest BCUT2D eigenvalue weighted by Gasteiger charge is 2.54. The minimum absolute atomic E-state index is 0.312. The molecule has 4 N–H and O–H groups in total. The van der Waals surface area contributed by atoms with E-state index in [1.807, 2.05) is 0 Å². The van der Waals surface area contributed by atoms with E-state index in [1.54, 1.807) is 19.1 Å². The molecule has 8 nitrogen and oxygen atoms in total. The van der Waals surface area contributed by atoms with Crippen molar-refractivity contribution in [2.45, 2.75) is 25.2 Å². The number of nitriles is 1. The van der Waals surface area contributed by atoms with Gasteiger partial charge in [0.2, 0.25) is 0 Å². The minimum atomic E-state index is -1.19. The fraction of sp³-hybridized carbons (Fsp3) is 0.462. The zero-order valence-electron chi connectivity index (χ0n) is 11.3. The number of aliphatic hydroxyl groups is 2. The zero-order chi connectivity index (χ0) is 15.2. The first-order valence-electron chi connectivity index (χ1n) is 6.46. The fourth-order valence-electron chi connectivity index (χ4n) is 2.75. The van der Waals surface area contributed by atoms with Crippen LogP contribution < -0.4 is 5.73 Å². The number of rotatable bonds is 2. The summed E-state index contributed by atoms with van der Waals surface area (Å²) in [6, 6.07) is 5.55. The number of hydrogen-bond acceptors (Lipinski definition) is 7. The molecule has 3 rings (SSSR count). The van der Waals surface area contributed by atoms with E-state index in [0.29, 0.717) is 17.0 Å². The third-order valence-corrected chi connectivity index (χ3v) is 4.02. The number of hydrogen-bond donors (Lipinski definition) is 3. The van der Waals surface area contributed by atoms with Gasteiger partial charge in [-0.05, 0) is 19.1 Å². The molecule has 3 heterocycles. The van der Waals surface area contributed by atoms with Crippen LogP contribution in [0.25, 0.3) is 5.52 Å². The Morgan fingerprint density at radius 1 is 1.57 bits per heavy atom. The summed E-state index contributed by atoms with van der Waals surface area (Å²) in [4.78, 5) is 3.90. The quantitative estimate of drug-likeness (QED) is 0.688. The van der Waals surface area contributed by atoms with E-state index < -0.39 is 23.7 Å². The van der Waals surface area contributed by atoms with Gasteiger partial charge in [0, 0.05) is 0 Å². The second kappa shape index (κ2) is 4.66. The topological polar surface area (TPSA) is 130 Å². The molecule has 1 aliphatic rings. The van der Waals surface area contributed by atoms with E-state index in [0.717, 1.165) is 0 Å². The third kappa shape index (κ3) is 1.79. The number of nitrogens with two attached hydrogens (primary N) is 1. The SMILES string of the molecule is C[C@@]1(C#N)[C@H](O)[C@@H](CO)O[C@H]1c1ccc2c(N)ncnn12. The van der Waals surface area contributed by atoms with Gasteiger partial charge in [0.25, 0.3) is 0 Å². The smallest absolute Gasteiger partial charge is 0.151 e. The summed E-state index contributed by atoms with van der Waals surface area (Å²) in [5.74, 6) is 0.312. The highest BCUT2D eigenvalue weighted by atomic mass is 16.5. The lowest BCUT2D eigenvalue weighted by molar-refractivity contribution is -0.0241. The lowest BCUT2D eigenvalue weighted by Gasteiger charge is -2.24. The molecule has 2 aromatic rings. The van der Waals surface area contributed by atoms with Crippen LogP contribution in [0.4, 0.5) is 5.82 Å². The van der Waals surface area contributed by atoms with Crippen LogP contribution in [0.2, 0.25) is 0 Å². The van der Waals surface area contributed by atoms with Gasteiger partial charge in [-0.15, -0.1) is 0 Å². The van der Waals surface area contributed by atoms with Crippen molar-refractivity contribution in [2.75, 3.05) is 12.3 Å². The Morgan fingerprint density at radius 3 is 3.00 bits per heavy atom. The van der Waals surface area contributed by atoms with Crippen molar-refractivity contribution in [2.24, 2.45) is 5.41 Å². The van der Waals surface area contributed by atoms with Gasteiger partial charge in [-0.1, -0.05) is 0 Å². The minimum Gasteiger partial charge on any atom is -0.394 e. The van der Waals surface area contributed by atoms with E-state index in [2.05, 4.69) is 16.2 Å². The maximum Gasteiger partial charge on any atom is 0.151 e. The predicted octanol–water partition coefficient (Wildman–Crippen LogP) is -0.366. The molecule has 8 heteroatoms. The van der Waals surface area contributed by atoms with Gasteiger partial charge >= 0.3 is 0 Å². The van der Waals surface area contributed by atoms with Crippen molar-refractivity contribution in [3.63, 3.8) is 0 Å². The first kappa shape index (κ1) is 13.8. The molecular weight excluding hydrogens is 274 g/mol. The fourth-order valence-corrected chi connectivity index (χ4v) is 2.75. The number of aliphatic hydroxyl groups excluding tert-OH is 2. The molecular formula is C13H15N5O3. The van der Waals surface area contributed by atoms with Crippen molar-refractivity contribution in [1.29, 1.82) is 5.26 Å². The third-order valence-electron chi connectivity index (χ3n) is 4.02. The Balaban J connectivity index is 2.14. The van der Waals surface area contributed by atoms with Crippen molar-refractivity contribution in [3.8, 4) is 6.07 Å². The van der Waals surface area contributed by atoms with Crippen LogP contribution in [0, 0.1) is 16.7 Å². The first-order valence-corrected chi connectivity index (χ1v) is 6.46. The summed E-state index contributed by atoms with van der Waals surface area (Å²) in [5.41, 5.74) is 5.77. The van der Waals surface area contributed by atoms with Crippen LogP contribution in [-0.2, 0) is 4.74 Å². The number of fused-ring (bicyclic) bond motifs is 1. The summed E-state index contributed by atoms with van der Waals surface area (Å²) in [6.07, 6.45) is -1.33. The van der Waals surface area contributed by atoms with Crippen LogP contribution in [-0.4, -0.2) is 43.6 Å². The summed E-state index contributed by atoms with van der Waals surface area (Å²) in [5, 5.41) is 33.1. The van der Waals surface area contributed by atoms with Crippen LogP contribution in [0.3, 0.4) is 0 Å². The van der Waals surface area contributed by atoms with Gasteiger partial charge in [0.1, 0.15) is 35.6 Å². The highest BCUT2D eigenvalue weighted by molar-refractivity contribution is 5.65. The lowest BCUT2D eigenvalue weighted by atomic mass is 9.79. The first-order chi connectivity index (χ1) is 10.0. The molecule has 4 atom stereocenters. The van der Waals surface area contributed by atoms with Gasteiger partial charge in [-0.25, -0.2) is 9.50 Å². The molecule has 0 saturated carbocycles. The Bertz CT molecular complexity index is 724. The Labute approximate surface area is 120 Å². The van der Waals surface area contributed by atoms with Gasteiger partial charge < -0.3 is 20.7 Å². The van der Waals surface area contributed by atoms with E-state index in [4.69, 9.17) is 10.5 Å². The summed E-state index contributed by atoms with van der Waals surface area (Å²) < 4.78 is 7.21. The van der Waals surface area contributed by atoms with Gasteiger partial charge in [0.05, 0.1) is 18.4 Å². The summed E-state index contributed by atoms with van der Waals surface area (Å²) in [6.45, 7) is 1.23. The Morgan fingerprint density at radius 2 is 2.33 bits per heavy atom. The predicted molar refractivity (Wildman–Crippen MR) is 71.8 cm³/mol. The van der Waals surface area contributed by atoms with E-state index in [-0.39, 0.29) is 6.61 Å². The molecule has 0 aromatic carbocycles. The average molecular weight is 289 g/mol. The summed E-state index contributed by atoms with van der Waals surface area (Å²) in [7, 11) is 0. The number of aromatic nitrogens is 3. The zero-order valence-corrected chi connectivity index (χ0v) is 11.3. The Hall–Kier alpha value is -2.21. The number of anilines is 1. The largest absolute Gasteiger partial charge is 0.394 e. The number of nitrogens with zero attached hydrogens (tertiary/aromatic N) is 4. The van der Waals surface area contributed by atoms with Crippen LogP contribution >= 0.6 is 0 Å². The van der Waals surface area contributed by atoms with Gasteiger partial charge in [-0.3, -0.25) is 0 Å². The second-order valence-electron chi connectivity index (χ2n) is 5.28.